The van der Waals surface area contributed by atoms with Gasteiger partial charge in [0.05, 0.1) is 23.2 Å². The lowest BCUT2D eigenvalue weighted by atomic mass is 10.3. The van der Waals surface area contributed by atoms with Crippen LogP contribution in [0.15, 0.2) is 53.7 Å². The second-order valence-corrected chi connectivity index (χ2v) is 6.88. The normalized spacial score (nSPS) is 11.8. The van der Waals surface area contributed by atoms with Crippen molar-refractivity contribution in [3.05, 3.63) is 48.5 Å². The van der Waals surface area contributed by atoms with E-state index < -0.39 is 5.25 Å². The monoisotopic (exact) mass is 385 g/mol. The number of hydrogen-bond acceptors (Lipinski definition) is 7. The molecular weight excluding hydrogens is 366 g/mol. The number of phenolic OH excluding ortho intramolecular Hbond substituents is 1. The summed E-state index contributed by atoms with van der Waals surface area (Å²) in [6.07, 6.45) is 0. The van der Waals surface area contributed by atoms with Gasteiger partial charge in [0.2, 0.25) is 11.1 Å². The number of benzene rings is 2. The van der Waals surface area contributed by atoms with Gasteiger partial charge in [-0.15, -0.1) is 5.10 Å². The molecule has 0 radical (unpaired) electrons. The van der Waals surface area contributed by atoms with Crippen molar-refractivity contribution in [1.29, 1.82) is 0 Å². The minimum Gasteiger partial charge on any atom is -0.508 e. The maximum atomic E-state index is 12.6. The molecule has 1 heterocycles. The minimum atomic E-state index is -0.443. The molecule has 3 rings (SSSR count). The summed E-state index contributed by atoms with van der Waals surface area (Å²) in [6.45, 7) is 4.18. The van der Waals surface area contributed by atoms with Crippen LogP contribution in [-0.4, -0.2) is 43.1 Å². The summed E-state index contributed by atoms with van der Waals surface area (Å²) in [4.78, 5) is 12.6. The Morgan fingerprint density at radius 3 is 2.74 bits per heavy atom. The number of tetrazole rings is 1. The Balaban J connectivity index is 1.71. The summed E-state index contributed by atoms with van der Waals surface area (Å²) in [5.41, 5.74) is 1.31. The lowest BCUT2D eigenvalue weighted by molar-refractivity contribution is -0.115. The van der Waals surface area contributed by atoms with Crippen molar-refractivity contribution >= 4 is 23.4 Å². The van der Waals surface area contributed by atoms with E-state index in [1.165, 1.54) is 16.4 Å². The van der Waals surface area contributed by atoms with Gasteiger partial charge in [0.1, 0.15) is 11.5 Å². The van der Waals surface area contributed by atoms with Crippen molar-refractivity contribution in [1.82, 2.24) is 20.2 Å². The van der Waals surface area contributed by atoms with Crippen LogP contribution in [0.1, 0.15) is 13.8 Å². The number of hydrogen-bond donors (Lipinski definition) is 2. The summed E-state index contributed by atoms with van der Waals surface area (Å²) >= 11 is 1.23. The van der Waals surface area contributed by atoms with E-state index in [9.17, 15) is 9.90 Å². The third-order valence-electron chi connectivity index (χ3n) is 3.63. The number of rotatable bonds is 7. The van der Waals surface area contributed by atoms with Gasteiger partial charge < -0.3 is 15.2 Å². The SMILES string of the molecule is CCOc1ccccc1NC(=O)[C@@H](C)Sc1nnnn1-c1ccc(O)cc1. The number of carbonyl (C=O) groups is 1. The van der Waals surface area contributed by atoms with Gasteiger partial charge in [-0.05, 0) is 60.7 Å². The van der Waals surface area contributed by atoms with E-state index in [1.54, 1.807) is 37.3 Å². The first-order chi connectivity index (χ1) is 13.1. The lowest BCUT2D eigenvalue weighted by Gasteiger charge is -2.14. The smallest absolute Gasteiger partial charge is 0.237 e. The molecule has 0 aliphatic carbocycles. The summed E-state index contributed by atoms with van der Waals surface area (Å²) in [5, 5.41) is 23.9. The molecular formula is C18H19N5O3S. The average molecular weight is 385 g/mol. The maximum Gasteiger partial charge on any atom is 0.237 e. The van der Waals surface area contributed by atoms with Gasteiger partial charge in [0.15, 0.2) is 0 Å². The fraction of sp³-hybridized carbons (Fsp3) is 0.222. The molecule has 0 saturated heterocycles. The second kappa shape index (κ2) is 8.54. The predicted octanol–water partition coefficient (Wildman–Crippen LogP) is 2.89. The van der Waals surface area contributed by atoms with Crippen molar-refractivity contribution in [3.63, 3.8) is 0 Å². The summed E-state index contributed by atoms with van der Waals surface area (Å²) in [5.74, 6) is 0.591. The van der Waals surface area contributed by atoms with E-state index in [0.717, 1.165) is 0 Å². The number of ether oxygens (including phenoxy) is 1. The highest BCUT2D eigenvalue weighted by atomic mass is 32.2. The zero-order chi connectivity index (χ0) is 19.2. The Morgan fingerprint density at radius 2 is 2.00 bits per heavy atom. The molecule has 0 aliphatic heterocycles. The Labute approximate surface area is 160 Å². The molecule has 0 unspecified atom stereocenters. The third-order valence-corrected chi connectivity index (χ3v) is 4.66. The van der Waals surface area contributed by atoms with Crippen molar-refractivity contribution in [2.24, 2.45) is 0 Å². The first-order valence-corrected chi connectivity index (χ1v) is 9.23. The van der Waals surface area contributed by atoms with Crippen molar-refractivity contribution in [3.8, 4) is 17.2 Å². The second-order valence-electron chi connectivity index (χ2n) is 5.57. The topological polar surface area (TPSA) is 102 Å². The van der Waals surface area contributed by atoms with Crippen LogP contribution in [0.2, 0.25) is 0 Å². The fourth-order valence-electron chi connectivity index (χ4n) is 2.31. The van der Waals surface area contributed by atoms with E-state index >= 15 is 0 Å². The number of aromatic nitrogens is 4. The zero-order valence-corrected chi connectivity index (χ0v) is 15.7. The standard InChI is InChI=1S/C18H19N5O3S/c1-3-26-16-7-5-4-6-15(16)19-17(25)12(2)27-18-20-21-22-23(18)13-8-10-14(24)11-9-13/h4-12,24H,3H2,1-2H3,(H,19,25)/t12-/m1/s1. The highest BCUT2D eigenvalue weighted by Gasteiger charge is 2.20. The Hall–Kier alpha value is -3.07. The molecule has 0 saturated carbocycles. The number of nitrogens with zero attached hydrogens (tertiary/aromatic N) is 4. The Bertz CT molecular complexity index is 913. The minimum absolute atomic E-state index is 0.154. The first kappa shape index (κ1) is 18.7. The molecule has 2 N–H and O–H groups in total. The zero-order valence-electron chi connectivity index (χ0n) is 14.9. The highest BCUT2D eigenvalue weighted by molar-refractivity contribution is 8.00. The van der Waals surface area contributed by atoms with Crippen LogP contribution >= 0.6 is 11.8 Å². The summed E-state index contributed by atoms with van der Waals surface area (Å²) < 4.78 is 7.05. The maximum absolute atomic E-state index is 12.6. The number of amides is 1. The van der Waals surface area contributed by atoms with Crippen LogP contribution in [0, 0.1) is 0 Å². The van der Waals surface area contributed by atoms with Crippen LogP contribution in [-0.2, 0) is 4.79 Å². The molecule has 0 spiro atoms. The number of thioether (sulfide) groups is 1. The van der Waals surface area contributed by atoms with E-state index in [1.807, 2.05) is 25.1 Å². The van der Waals surface area contributed by atoms with E-state index in [4.69, 9.17) is 4.74 Å². The van der Waals surface area contributed by atoms with Crippen LogP contribution in [0.4, 0.5) is 5.69 Å². The largest absolute Gasteiger partial charge is 0.508 e. The lowest BCUT2D eigenvalue weighted by Crippen LogP contribution is -2.23. The number of nitrogens with one attached hydrogen (secondary N) is 1. The average Bonchev–Trinajstić information content (AvgIpc) is 3.12. The molecule has 8 nitrogen and oxygen atoms in total. The van der Waals surface area contributed by atoms with Gasteiger partial charge in [-0.1, -0.05) is 23.9 Å². The van der Waals surface area contributed by atoms with Gasteiger partial charge in [-0.2, -0.15) is 4.68 Å². The van der Waals surface area contributed by atoms with Gasteiger partial charge in [-0.25, -0.2) is 0 Å². The van der Waals surface area contributed by atoms with Crippen LogP contribution < -0.4 is 10.1 Å². The van der Waals surface area contributed by atoms with Crippen molar-refractivity contribution < 1.29 is 14.6 Å². The van der Waals surface area contributed by atoms with Crippen LogP contribution in [0.25, 0.3) is 5.69 Å². The Morgan fingerprint density at radius 1 is 1.26 bits per heavy atom. The van der Waals surface area contributed by atoms with Gasteiger partial charge >= 0.3 is 0 Å². The van der Waals surface area contributed by atoms with E-state index in [0.29, 0.717) is 28.9 Å². The Kier molecular flexibility index (Phi) is 5.92. The number of anilines is 1. The van der Waals surface area contributed by atoms with Crippen molar-refractivity contribution in [2.45, 2.75) is 24.3 Å². The predicted molar refractivity (Wildman–Crippen MR) is 102 cm³/mol. The number of carbonyl (C=O) groups excluding carboxylic acids is 1. The summed E-state index contributed by atoms with van der Waals surface area (Å²) in [6, 6.07) is 13.8. The molecule has 2 aromatic carbocycles. The van der Waals surface area contributed by atoms with E-state index in [2.05, 4.69) is 20.8 Å². The van der Waals surface area contributed by atoms with Gasteiger partial charge in [-0.3, -0.25) is 4.79 Å². The molecule has 9 heteroatoms. The molecule has 3 aromatic rings. The van der Waals surface area contributed by atoms with Crippen molar-refractivity contribution in [2.75, 3.05) is 11.9 Å². The molecule has 0 bridgehead atoms. The highest BCUT2D eigenvalue weighted by Crippen LogP contribution is 2.27. The van der Waals surface area contributed by atoms with Gasteiger partial charge in [0, 0.05) is 0 Å². The van der Waals surface area contributed by atoms with E-state index in [-0.39, 0.29) is 11.7 Å². The number of phenols is 1. The van der Waals surface area contributed by atoms with Crippen LogP contribution in [0.3, 0.4) is 0 Å². The van der Waals surface area contributed by atoms with Crippen LogP contribution in [0.5, 0.6) is 11.5 Å². The molecule has 140 valence electrons. The number of para-hydroxylation sites is 2. The summed E-state index contributed by atoms with van der Waals surface area (Å²) in [7, 11) is 0. The number of aromatic hydroxyl groups is 1. The quantitative estimate of drug-likeness (QED) is 0.603. The molecule has 1 aromatic heterocycles. The first-order valence-electron chi connectivity index (χ1n) is 8.35. The third kappa shape index (κ3) is 4.56. The van der Waals surface area contributed by atoms with Gasteiger partial charge in [0.25, 0.3) is 0 Å². The molecule has 1 atom stereocenters. The molecule has 0 fully saturated rings. The molecule has 1 amide bonds. The fourth-order valence-corrected chi connectivity index (χ4v) is 3.11. The molecule has 27 heavy (non-hydrogen) atoms. The molecule has 0 aliphatic rings.